The number of hydrogen-bond donors (Lipinski definition) is 2. The highest BCUT2D eigenvalue weighted by Crippen LogP contribution is 2.40. The van der Waals surface area contributed by atoms with Crippen LogP contribution in [0, 0.1) is 12.3 Å². The molecule has 0 spiro atoms. The van der Waals surface area contributed by atoms with Gasteiger partial charge in [-0.25, -0.2) is 15.8 Å². The van der Waals surface area contributed by atoms with Crippen molar-refractivity contribution in [3.8, 4) is 0 Å². The highest BCUT2D eigenvalue weighted by molar-refractivity contribution is 5.59. The van der Waals surface area contributed by atoms with Crippen LogP contribution in [0.1, 0.15) is 64.3 Å². The van der Waals surface area contributed by atoms with Gasteiger partial charge in [0.05, 0.1) is 0 Å². The van der Waals surface area contributed by atoms with Crippen molar-refractivity contribution >= 4 is 11.6 Å². The normalized spacial score (nSPS) is 17.6. The van der Waals surface area contributed by atoms with E-state index >= 15 is 0 Å². The summed E-state index contributed by atoms with van der Waals surface area (Å²) in [5.74, 6) is 8.57. The van der Waals surface area contributed by atoms with E-state index < -0.39 is 0 Å². The molecule has 0 atom stereocenters. The lowest BCUT2D eigenvalue weighted by molar-refractivity contribution is 0.301. The summed E-state index contributed by atoms with van der Waals surface area (Å²) in [6.07, 6.45) is 3.69. The van der Waals surface area contributed by atoms with Crippen molar-refractivity contribution < 1.29 is 0 Å². The Morgan fingerprint density at radius 1 is 1.29 bits per heavy atom. The fourth-order valence-electron chi connectivity index (χ4n) is 3.17. The summed E-state index contributed by atoms with van der Waals surface area (Å²) in [7, 11) is 0. The Kier molecular flexibility index (Phi) is 4.71. The van der Waals surface area contributed by atoms with Gasteiger partial charge in [-0.3, -0.25) is 0 Å². The Bertz CT molecular complexity index is 494. The number of hydrazine groups is 1. The predicted molar refractivity (Wildman–Crippen MR) is 88.5 cm³/mol. The molecule has 0 aliphatic carbocycles. The monoisotopic (exact) mass is 291 g/mol. The van der Waals surface area contributed by atoms with Crippen LogP contribution < -0.4 is 16.2 Å². The molecule has 5 nitrogen and oxygen atoms in total. The van der Waals surface area contributed by atoms with E-state index in [9.17, 15) is 0 Å². The lowest BCUT2D eigenvalue weighted by Gasteiger charge is -2.28. The average Bonchev–Trinajstić information content (AvgIpc) is 2.92. The minimum atomic E-state index is 0.293. The number of nitrogens with one attached hydrogen (secondary N) is 1. The van der Waals surface area contributed by atoms with Crippen molar-refractivity contribution in [2.45, 2.75) is 59.8 Å². The number of nitrogens with two attached hydrogens (primary N) is 1. The molecule has 21 heavy (non-hydrogen) atoms. The van der Waals surface area contributed by atoms with E-state index in [0.717, 1.165) is 36.1 Å². The molecule has 1 saturated heterocycles. The van der Waals surface area contributed by atoms with E-state index in [2.05, 4.69) is 43.0 Å². The fourth-order valence-corrected chi connectivity index (χ4v) is 3.17. The molecule has 1 aliphatic heterocycles. The van der Waals surface area contributed by atoms with Crippen LogP contribution >= 0.6 is 0 Å². The topological polar surface area (TPSA) is 67.1 Å². The van der Waals surface area contributed by atoms with E-state index in [4.69, 9.17) is 10.8 Å². The number of anilines is 2. The SMILES string of the molecule is CCC1(CC)CCN(c2nc(C(C)C)nc(NN)c2C)C1. The molecular weight excluding hydrogens is 262 g/mol. The van der Waals surface area contributed by atoms with Crippen molar-refractivity contribution in [1.29, 1.82) is 0 Å². The van der Waals surface area contributed by atoms with Gasteiger partial charge >= 0.3 is 0 Å². The largest absolute Gasteiger partial charge is 0.356 e. The first-order chi connectivity index (χ1) is 9.96. The highest BCUT2D eigenvalue weighted by Gasteiger charge is 2.36. The highest BCUT2D eigenvalue weighted by atomic mass is 15.3. The van der Waals surface area contributed by atoms with Gasteiger partial charge in [0.25, 0.3) is 0 Å². The first-order valence-corrected chi connectivity index (χ1v) is 8.06. The molecular formula is C16H29N5. The van der Waals surface area contributed by atoms with Gasteiger partial charge in [0.15, 0.2) is 0 Å². The lowest BCUT2D eigenvalue weighted by atomic mass is 9.82. The molecule has 0 saturated carbocycles. The van der Waals surface area contributed by atoms with Crippen molar-refractivity contribution in [1.82, 2.24) is 9.97 Å². The van der Waals surface area contributed by atoms with Crippen LogP contribution in [0.4, 0.5) is 11.6 Å². The third kappa shape index (κ3) is 2.98. The van der Waals surface area contributed by atoms with E-state index in [-0.39, 0.29) is 0 Å². The average molecular weight is 291 g/mol. The van der Waals surface area contributed by atoms with Gasteiger partial charge in [-0.05, 0) is 31.6 Å². The van der Waals surface area contributed by atoms with Gasteiger partial charge in [0.1, 0.15) is 17.5 Å². The minimum Gasteiger partial charge on any atom is -0.356 e. The second-order valence-electron chi connectivity index (χ2n) is 6.56. The van der Waals surface area contributed by atoms with E-state index in [0.29, 0.717) is 11.3 Å². The van der Waals surface area contributed by atoms with Crippen molar-refractivity contribution in [2.24, 2.45) is 11.3 Å². The van der Waals surface area contributed by atoms with Crippen LogP contribution in [0.15, 0.2) is 0 Å². The van der Waals surface area contributed by atoms with Gasteiger partial charge in [0, 0.05) is 24.6 Å². The zero-order chi connectivity index (χ0) is 15.6. The Hall–Kier alpha value is -1.36. The maximum atomic E-state index is 5.63. The molecule has 1 aromatic rings. The second kappa shape index (κ2) is 6.18. The summed E-state index contributed by atoms with van der Waals surface area (Å²) >= 11 is 0. The molecule has 3 N–H and O–H groups in total. The molecule has 0 unspecified atom stereocenters. The van der Waals surface area contributed by atoms with E-state index in [1.807, 2.05) is 6.92 Å². The van der Waals surface area contributed by atoms with E-state index in [1.54, 1.807) is 0 Å². The number of aromatic nitrogens is 2. The van der Waals surface area contributed by atoms with Crippen LogP contribution in [-0.4, -0.2) is 23.1 Å². The number of nitrogen functional groups attached to an aromatic ring is 1. The van der Waals surface area contributed by atoms with E-state index in [1.165, 1.54) is 19.3 Å². The zero-order valence-electron chi connectivity index (χ0n) is 14.0. The number of nitrogens with zero attached hydrogens (tertiary/aromatic N) is 3. The van der Waals surface area contributed by atoms with Gasteiger partial charge in [-0.1, -0.05) is 27.7 Å². The van der Waals surface area contributed by atoms with Crippen LogP contribution in [0.25, 0.3) is 0 Å². The summed E-state index contributed by atoms with van der Waals surface area (Å²) in [5.41, 5.74) is 4.21. The molecule has 0 radical (unpaired) electrons. The molecule has 0 aromatic carbocycles. The molecule has 1 aliphatic rings. The van der Waals surface area contributed by atoms with Crippen molar-refractivity contribution in [3.63, 3.8) is 0 Å². The summed E-state index contributed by atoms with van der Waals surface area (Å²) in [6.45, 7) is 13.0. The zero-order valence-corrected chi connectivity index (χ0v) is 14.0. The van der Waals surface area contributed by atoms with Gasteiger partial charge < -0.3 is 10.3 Å². The van der Waals surface area contributed by atoms with Crippen LogP contribution in [0.3, 0.4) is 0 Å². The fraction of sp³-hybridized carbons (Fsp3) is 0.750. The Morgan fingerprint density at radius 2 is 1.95 bits per heavy atom. The summed E-state index contributed by atoms with van der Waals surface area (Å²) in [6, 6.07) is 0. The maximum Gasteiger partial charge on any atom is 0.148 e. The molecule has 118 valence electrons. The van der Waals surface area contributed by atoms with Crippen LogP contribution in [0.5, 0.6) is 0 Å². The predicted octanol–water partition coefficient (Wildman–Crippen LogP) is 3.21. The Morgan fingerprint density at radius 3 is 2.43 bits per heavy atom. The third-order valence-electron chi connectivity index (χ3n) is 5.03. The molecule has 1 fully saturated rings. The van der Waals surface area contributed by atoms with Crippen molar-refractivity contribution in [3.05, 3.63) is 11.4 Å². The molecule has 2 rings (SSSR count). The minimum absolute atomic E-state index is 0.293. The lowest BCUT2D eigenvalue weighted by Crippen LogP contribution is -2.28. The molecule has 1 aromatic heterocycles. The maximum absolute atomic E-state index is 5.63. The smallest absolute Gasteiger partial charge is 0.148 e. The van der Waals surface area contributed by atoms with Gasteiger partial charge in [-0.15, -0.1) is 0 Å². The van der Waals surface area contributed by atoms with Crippen molar-refractivity contribution in [2.75, 3.05) is 23.4 Å². The molecule has 0 amide bonds. The number of hydrogen-bond acceptors (Lipinski definition) is 5. The second-order valence-corrected chi connectivity index (χ2v) is 6.56. The standard InChI is InChI=1S/C16H29N5/c1-6-16(7-2)8-9-21(10-16)15-12(5)14(20-17)18-13(19-15)11(3)4/h11H,6-10,17H2,1-5H3,(H,18,19,20). The quantitative estimate of drug-likeness (QED) is 0.644. The summed E-state index contributed by atoms with van der Waals surface area (Å²) in [4.78, 5) is 11.8. The van der Waals surface area contributed by atoms with Crippen LogP contribution in [0.2, 0.25) is 0 Å². The first-order valence-electron chi connectivity index (χ1n) is 8.06. The first kappa shape index (κ1) is 16.0. The molecule has 2 heterocycles. The summed E-state index contributed by atoms with van der Waals surface area (Å²) < 4.78 is 0. The third-order valence-corrected chi connectivity index (χ3v) is 5.03. The Balaban J connectivity index is 2.38. The van der Waals surface area contributed by atoms with Gasteiger partial charge in [-0.2, -0.15) is 0 Å². The van der Waals surface area contributed by atoms with Crippen LogP contribution in [-0.2, 0) is 0 Å². The number of rotatable bonds is 5. The Labute approximate surface area is 128 Å². The summed E-state index contributed by atoms with van der Waals surface area (Å²) in [5, 5.41) is 0. The van der Waals surface area contributed by atoms with Gasteiger partial charge in [0.2, 0.25) is 0 Å². The molecule has 0 bridgehead atoms. The molecule has 5 heteroatoms.